The summed E-state index contributed by atoms with van der Waals surface area (Å²) in [6.45, 7) is 12.8. The van der Waals surface area contributed by atoms with Gasteiger partial charge in [-0.05, 0) is 89.1 Å². The Labute approximate surface area is 288 Å². The minimum Gasteiger partial charge on any atom is -0.444 e. The summed E-state index contributed by atoms with van der Waals surface area (Å²) in [5.41, 5.74) is 3.10. The first-order chi connectivity index (χ1) is 23.1. The van der Waals surface area contributed by atoms with Gasteiger partial charge in [0.25, 0.3) is 5.91 Å². The van der Waals surface area contributed by atoms with E-state index in [0.29, 0.717) is 58.3 Å². The number of nitriles is 1. The zero-order valence-electron chi connectivity index (χ0n) is 29.5. The Morgan fingerprint density at radius 3 is 2.16 bits per heavy atom. The maximum atomic E-state index is 13.1. The molecule has 0 saturated carbocycles. The smallest absolute Gasteiger partial charge is 0.410 e. The van der Waals surface area contributed by atoms with E-state index in [9.17, 15) is 24.4 Å². The number of Topliss-reactive ketones (excluding diaryl/α,β-unsaturated/α-hetero) is 1. The van der Waals surface area contributed by atoms with E-state index in [0.717, 1.165) is 27.8 Å². The van der Waals surface area contributed by atoms with Crippen LogP contribution >= 0.6 is 0 Å². The number of hydrogen-bond acceptors (Lipinski definition) is 8. The van der Waals surface area contributed by atoms with Crippen LogP contribution in [-0.4, -0.2) is 89.8 Å². The summed E-state index contributed by atoms with van der Waals surface area (Å²) < 4.78 is 16.8. The van der Waals surface area contributed by atoms with Gasteiger partial charge < -0.3 is 29.3 Å². The van der Waals surface area contributed by atoms with Crippen molar-refractivity contribution >= 4 is 23.9 Å². The third-order valence-corrected chi connectivity index (χ3v) is 9.18. The fourth-order valence-corrected chi connectivity index (χ4v) is 6.73. The molecule has 0 radical (unpaired) electrons. The molecule has 0 bridgehead atoms. The lowest BCUT2D eigenvalue weighted by atomic mass is 9.73. The highest BCUT2D eigenvalue weighted by atomic mass is 16.6. The Morgan fingerprint density at radius 1 is 0.939 bits per heavy atom. The summed E-state index contributed by atoms with van der Waals surface area (Å²) in [6, 6.07) is 15.2. The van der Waals surface area contributed by atoms with Crippen LogP contribution in [0, 0.1) is 11.3 Å². The number of nitrogens with zero attached hydrogens (tertiary/aromatic N) is 3. The number of benzene rings is 2. The van der Waals surface area contributed by atoms with Gasteiger partial charge in [0.15, 0.2) is 11.9 Å². The predicted octanol–water partition coefficient (Wildman–Crippen LogP) is 5.79. The third kappa shape index (κ3) is 8.79. The van der Waals surface area contributed by atoms with Crippen LogP contribution in [0.2, 0.25) is 0 Å². The first kappa shape index (κ1) is 35.9. The number of likely N-dealkylation sites (tertiary alicyclic amines) is 1. The van der Waals surface area contributed by atoms with E-state index in [1.807, 2.05) is 57.2 Å². The van der Waals surface area contributed by atoms with E-state index in [4.69, 9.17) is 14.2 Å². The number of ketones is 1. The molecular formula is C38H48N4O7. The van der Waals surface area contributed by atoms with Gasteiger partial charge in [0, 0.05) is 50.1 Å². The molecule has 2 aromatic rings. The van der Waals surface area contributed by atoms with Crippen molar-refractivity contribution in [1.29, 1.82) is 5.26 Å². The SMILES string of the molecule is CC(C)(C)OC(=O)N1CCC2(CC1)CC(=O)c1ccc(-c3ccc(C[C@@H](C#N)NC(=O)[C@@H]4CN(C(=O)OC(C)(C)C)CCCO4)cc3)cc12. The summed E-state index contributed by atoms with van der Waals surface area (Å²) in [6.07, 6.45) is 0.973. The van der Waals surface area contributed by atoms with E-state index in [1.165, 1.54) is 4.90 Å². The number of ether oxygens (including phenoxy) is 3. The highest BCUT2D eigenvalue weighted by Crippen LogP contribution is 2.47. The van der Waals surface area contributed by atoms with Gasteiger partial charge in [0.1, 0.15) is 17.2 Å². The minimum atomic E-state index is -0.909. The van der Waals surface area contributed by atoms with Crippen molar-refractivity contribution in [2.75, 3.05) is 32.8 Å². The molecule has 5 rings (SSSR count). The molecule has 11 nitrogen and oxygen atoms in total. The molecule has 0 unspecified atom stereocenters. The summed E-state index contributed by atoms with van der Waals surface area (Å²) >= 11 is 0. The lowest BCUT2D eigenvalue weighted by Gasteiger charge is -2.40. The summed E-state index contributed by atoms with van der Waals surface area (Å²) in [5.74, 6) is -0.309. The van der Waals surface area contributed by atoms with Gasteiger partial charge in [0.2, 0.25) is 0 Å². The number of rotatable bonds is 5. The molecule has 2 fully saturated rings. The van der Waals surface area contributed by atoms with Crippen molar-refractivity contribution in [2.24, 2.45) is 0 Å². The van der Waals surface area contributed by atoms with Crippen LogP contribution in [0.1, 0.15) is 88.7 Å². The van der Waals surface area contributed by atoms with Crippen LogP contribution in [-0.2, 0) is 30.8 Å². The highest BCUT2D eigenvalue weighted by molar-refractivity contribution is 6.03. The zero-order valence-corrected chi connectivity index (χ0v) is 29.5. The second-order valence-electron chi connectivity index (χ2n) is 15.3. The molecule has 3 amide bonds. The Hall–Kier alpha value is -4.43. The molecule has 0 aromatic heterocycles. The van der Waals surface area contributed by atoms with E-state index in [-0.39, 0.29) is 23.8 Å². The number of carbonyl (C=O) groups is 4. The minimum absolute atomic E-state index is 0.0449. The Morgan fingerprint density at radius 2 is 1.55 bits per heavy atom. The van der Waals surface area contributed by atoms with Crippen molar-refractivity contribution in [3.8, 4) is 17.2 Å². The molecule has 3 aliphatic rings. The molecule has 2 heterocycles. The van der Waals surface area contributed by atoms with Gasteiger partial charge in [-0.2, -0.15) is 5.26 Å². The van der Waals surface area contributed by atoms with Crippen LogP contribution in [0.4, 0.5) is 9.59 Å². The number of fused-ring (bicyclic) bond motifs is 2. The lowest BCUT2D eigenvalue weighted by Crippen LogP contribution is -2.48. The summed E-state index contributed by atoms with van der Waals surface area (Å²) in [5, 5.41) is 12.7. The van der Waals surface area contributed by atoms with Crippen molar-refractivity contribution in [3.63, 3.8) is 0 Å². The normalized spacial score (nSPS) is 19.8. The van der Waals surface area contributed by atoms with Gasteiger partial charge in [-0.3, -0.25) is 9.59 Å². The van der Waals surface area contributed by atoms with Gasteiger partial charge in [-0.1, -0.05) is 36.4 Å². The van der Waals surface area contributed by atoms with Gasteiger partial charge in [0.05, 0.1) is 12.6 Å². The second-order valence-corrected chi connectivity index (χ2v) is 15.3. The maximum Gasteiger partial charge on any atom is 0.410 e. The molecule has 2 atom stereocenters. The Kier molecular flexibility index (Phi) is 10.4. The van der Waals surface area contributed by atoms with Crippen LogP contribution in [0.15, 0.2) is 42.5 Å². The second kappa shape index (κ2) is 14.2. The summed E-state index contributed by atoms with van der Waals surface area (Å²) in [4.78, 5) is 54.7. The Balaban J connectivity index is 1.22. The Bertz CT molecular complexity index is 1610. The number of amides is 3. The number of hydrogen-bond donors (Lipinski definition) is 1. The van der Waals surface area contributed by atoms with Gasteiger partial charge >= 0.3 is 12.2 Å². The maximum absolute atomic E-state index is 13.1. The average Bonchev–Trinajstić information content (AvgIpc) is 3.16. The molecule has 11 heteroatoms. The van der Waals surface area contributed by atoms with Gasteiger partial charge in [-0.25, -0.2) is 9.59 Å². The molecular weight excluding hydrogens is 624 g/mol. The van der Waals surface area contributed by atoms with E-state index >= 15 is 0 Å². The third-order valence-electron chi connectivity index (χ3n) is 9.18. The molecule has 1 N–H and O–H groups in total. The molecule has 49 heavy (non-hydrogen) atoms. The molecule has 1 spiro atoms. The largest absolute Gasteiger partial charge is 0.444 e. The number of carbonyl (C=O) groups excluding carboxylic acids is 4. The first-order valence-corrected chi connectivity index (χ1v) is 17.1. The molecule has 2 aliphatic heterocycles. The fraction of sp³-hybridized carbons (Fsp3) is 0.553. The average molecular weight is 673 g/mol. The standard InChI is InChI=1S/C38H48N4O7/c1-36(2,3)48-34(45)41-17-14-38(15-18-41)22-31(43)29-13-12-27(21-30(29)38)26-10-8-25(9-11-26)20-28(23-39)40-33(44)32-24-42(16-7-19-47-32)35(46)49-37(4,5)6/h8-13,21,28,32H,7,14-20,22,24H2,1-6H3,(H,40,44)/t28-,32-/m0/s1. The van der Waals surface area contributed by atoms with Crippen molar-refractivity contribution in [2.45, 2.75) is 102 Å². The monoisotopic (exact) mass is 672 g/mol. The molecule has 1 aliphatic carbocycles. The number of piperidine rings is 1. The summed E-state index contributed by atoms with van der Waals surface area (Å²) in [7, 11) is 0. The lowest BCUT2D eigenvalue weighted by molar-refractivity contribution is -0.133. The van der Waals surface area contributed by atoms with Crippen LogP contribution in [0.25, 0.3) is 11.1 Å². The fourth-order valence-electron chi connectivity index (χ4n) is 6.73. The van der Waals surface area contributed by atoms with Crippen LogP contribution < -0.4 is 5.32 Å². The van der Waals surface area contributed by atoms with E-state index in [2.05, 4.69) is 17.5 Å². The highest BCUT2D eigenvalue weighted by Gasteiger charge is 2.46. The van der Waals surface area contributed by atoms with Crippen molar-refractivity contribution in [3.05, 3.63) is 59.2 Å². The predicted molar refractivity (Wildman–Crippen MR) is 183 cm³/mol. The quantitative estimate of drug-likeness (QED) is 0.422. The first-order valence-electron chi connectivity index (χ1n) is 17.1. The van der Waals surface area contributed by atoms with Crippen molar-refractivity contribution < 1.29 is 33.4 Å². The molecule has 2 aromatic carbocycles. The van der Waals surface area contributed by atoms with Crippen molar-refractivity contribution in [1.82, 2.24) is 15.1 Å². The molecule has 2 saturated heterocycles. The van der Waals surface area contributed by atoms with Crippen LogP contribution in [0.5, 0.6) is 0 Å². The van der Waals surface area contributed by atoms with E-state index < -0.39 is 35.3 Å². The van der Waals surface area contributed by atoms with E-state index in [1.54, 1.807) is 25.7 Å². The van der Waals surface area contributed by atoms with Crippen LogP contribution in [0.3, 0.4) is 0 Å². The zero-order chi connectivity index (χ0) is 35.6. The molecule has 262 valence electrons. The van der Waals surface area contributed by atoms with Gasteiger partial charge in [-0.15, -0.1) is 0 Å². The number of nitrogens with one attached hydrogen (secondary N) is 1. The topological polar surface area (TPSA) is 138 Å².